The SMILES string of the molecule is CCCCCNC(=O)CCN(Cc1ccccc1C)S(C)(=O)=O. The Labute approximate surface area is 140 Å². The number of benzene rings is 1. The van der Waals surface area contributed by atoms with Gasteiger partial charge in [0, 0.05) is 26.1 Å². The van der Waals surface area contributed by atoms with Gasteiger partial charge >= 0.3 is 0 Å². The molecule has 130 valence electrons. The third-order valence-electron chi connectivity index (χ3n) is 3.77. The van der Waals surface area contributed by atoms with Crippen molar-refractivity contribution < 1.29 is 13.2 Å². The molecule has 6 heteroatoms. The van der Waals surface area contributed by atoms with E-state index in [9.17, 15) is 13.2 Å². The minimum atomic E-state index is -3.35. The molecule has 0 bridgehead atoms. The molecule has 0 unspecified atom stereocenters. The average Bonchev–Trinajstić information content (AvgIpc) is 2.48. The molecule has 0 atom stereocenters. The van der Waals surface area contributed by atoms with E-state index in [0.29, 0.717) is 13.1 Å². The highest BCUT2D eigenvalue weighted by molar-refractivity contribution is 7.88. The van der Waals surface area contributed by atoms with Gasteiger partial charge in [-0.3, -0.25) is 4.79 Å². The van der Waals surface area contributed by atoms with Gasteiger partial charge in [-0.25, -0.2) is 8.42 Å². The maximum atomic E-state index is 12.0. The third kappa shape index (κ3) is 7.61. The minimum Gasteiger partial charge on any atom is -0.356 e. The lowest BCUT2D eigenvalue weighted by Crippen LogP contribution is -2.34. The van der Waals surface area contributed by atoms with Crippen molar-refractivity contribution in [2.24, 2.45) is 0 Å². The molecule has 1 aromatic carbocycles. The maximum Gasteiger partial charge on any atom is 0.221 e. The zero-order chi connectivity index (χ0) is 17.3. The van der Waals surface area contributed by atoms with Gasteiger partial charge in [0.05, 0.1) is 6.26 Å². The first-order valence-electron chi connectivity index (χ1n) is 8.11. The molecule has 0 saturated heterocycles. The van der Waals surface area contributed by atoms with Crippen molar-refractivity contribution in [1.82, 2.24) is 9.62 Å². The number of amides is 1. The van der Waals surface area contributed by atoms with Gasteiger partial charge in [-0.05, 0) is 24.5 Å². The fraction of sp³-hybridized carbons (Fsp3) is 0.588. The number of carbonyl (C=O) groups excluding carboxylic acids is 1. The Balaban J connectivity index is 2.56. The van der Waals surface area contributed by atoms with E-state index in [-0.39, 0.29) is 18.9 Å². The predicted molar refractivity (Wildman–Crippen MR) is 93.6 cm³/mol. The van der Waals surface area contributed by atoms with Crippen LogP contribution in [-0.2, 0) is 21.4 Å². The third-order valence-corrected chi connectivity index (χ3v) is 5.02. The molecule has 23 heavy (non-hydrogen) atoms. The number of unbranched alkanes of at least 4 members (excludes halogenated alkanes) is 2. The number of sulfonamides is 1. The monoisotopic (exact) mass is 340 g/mol. The van der Waals surface area contributed by atoms with Crippen LogP contribution >= 0.6 is 0 Å². The van der Waals surface area contributed by atoms with Crippen LogP contribution in [0.25, 0.3) is 0 Å². The van der Waals surface area contributed by atoms with Gasteiger partial charge in [-0.1, -0.05) is 44.0 Å². The van der Waals surface area contributed by atoms with Crippen LogP contribution in [0.5, 0.6) is 0 Å². The Morgan fingerprint density at radius 2 is 1.91 bits per heavy atom. The smallest absolute Gasteiger partial charge is 0.221 e. The second-order valence-corrected chi connectivity index (χ2v) is 7.81. The van der Waals surface area contributed by atoms with E-state index in [1.807, 2.05) is 31.2 Å². The van der Waals surface area contributed by atoms with Crippen molar-refractivity contribution in [2.45, 2.75) is 46.1 Å². The lowest BCUT2D eigenvalue weighted by Gasteiger charge is -2.20. The zero-order valence-electron chi connectivity index (χ0n) is 14.3. The van der Waals surface area contributed by atoms with E-state index in [2.05, 4.69) is 12.2 Å². The molecular weight excluding hydrogens is 312 g/mol. The molecule has 1 rings (SSSR count). The Kier molecular flexibility index (Phi) is 8.26. The first kappa shape index (κ1) is 19.6. The van der Waals surface area contributed by atoms with Gasteiger partial charge in [0.1, 0.15) is 0 Å². The molecule has 0 spiro atoms. The van der Waals surface area contributed by atoms with Gasteiger partial charge in [0.2, 0.25) is 15.9 Å². The summed E-state index contributed by atoms with van der Waals surface area (Å²) in [6.07, 6.45) is 4.52. The first-order chi connectivity index (χ1) is 10.8. The van der Waals surface area contributed by atoms with Crippen molar-refractivity contribution in [2.75, 3.05) is 19.3 Å². The summed E-state index contributed by atoms with van der Waals surface area (Å²) in [7, 11) is -3.35. The fourth-order valence-corrected chi connectivity index (χ4v) is 3.05. The Morgan fingerprint density at radius 3 is 2.52 bits per heavy atom. The van der Waals surface area contributed by atoms with Crippen molar-refractivity contribution in [3.63, 3.8) is 0 Å². The van der Waals surface area contributed by atoms with Crippen LogP contribution < -0.4 is 5.32 Å². The highest BCUT2D eigenvalue weighted by Crippen LogP contribution is 2.13. The lowest BCUT2D eigenvalue weighted by molar-refractivity contribution is -0.121. The molecule has 0 saturated carbocycles. The molecule has 0 aromatic heterocycles. The summed E-state index contributed by atoms with van der Waals surface area (Å²) >= 11 is 0. The maximum absolute atomic E-state index is 12.0. The van der Waals surface area contributed by atoms with Gasteiger partial charge < -0.3 is 5.32 Å². The Hall–Kier alpha value is -1.40. The summed E-state index contributed by atoms with van der Waals surface area (Å²) in [5.41, 5.74) is 2.01. The van der Waals surface area contributed by atoms with Crippen LogP contribution in [0, 0.1) is 6.92 Å². The fourth-order valence-electron chi connectivity index (χ4n) is 2.26. The van der Waals surface area contributed by atoms with Crippen molar-refractivity contribution in [3.05, 3.63) is 35.4 Å². The van der Waals surface area contributed by atoms with Crippen LogP contribution in [0.15, 0.2) is 24.3 Å². The molecular formula is C17H28N2O3S. The summed E-state index contributed by atoms with van der Waals surface area (Å²) in [4.78, 5) is 11.8. The van der Waals surface area contributed by atoms with Crippen LogP contribution in [0.1, 0.15) is 43.7 Å². The molecule has 1 N–H and O–H groups in total. The average molecular weight is 340 g/mol. The quantitative estimate of drug-likeness (QED) is 0.665. The largest absolute Gasteiger partial charge is 0.356 e. The molecule has 1 aromatic rings. The number of rotatable bonds is 10. The highest BCUT2D eigenvalue weighted by Gasteiger charge is 2.18. The van der Waals surface area contributed by atoms with Gasteiger partial charge in [-0.2, -0.15) is 4.31 Å². The first-order valence-corrected chi connectivity index (χ1v) is 9.95. The zero-order valence-corrected chi connectivity index (χ0v) is 15.2. The van der Waals surface area contributed by atoms with Crippen LogP contribution in [-0.4, -0.2) is 38.0 Å². The second kappa shape index (κ2) is 9.67. The summed E-state index contributed by atoms with van der Waals surface area (Å²) < 4.78 is 25.3. The Morgan fingerprint density at radius 1 is 1.22 bits per heavy atom. The van der Waals surface area contributed by atoms with Gasteiger partial charge in [-0.15, -0.1) is 0 Å². The number of aryl methyl sites for hydroxylation is 1. The van der Waals surface area contributed by atoms with Crippen LogP contribution in [0.2, 0.25) is 0 Å². The minimum absolute atomic E-state index is 0.0977. The summed E-state index contributed by atoms with van der Waals surface area (Å²) in [6, 6.07) is 7.69. The number of nitrogens with zero attached hydrogens (tertiary/aromatic N) is 1. The number of hydrogen-bond acceptors (Lipinski definition) is 3. The van der Waals surface area contributed by atoms with Gasteiger partial charge in [0.25, 0.3) is 0 Å². The molecule has 1 amide bonds. The van der Waals surface area contributed by atoms with E-state index in [1.54, 1.807) is 0 Å². The van der Waals surface area contributed by atoms with E-state index in [1.165, 1.54) is 10.6 Å². The number of hydrogen-bond donors (Lipinski definition) is 1. The van der Waals surface area contributed by atoms with E-state index in [0.717, 1.165) is 30.4 Å². The van der Waals surface area contributed by atoms with E-state index < -0.39 is 10.0 Å². The summed E-state index contributed by atoms with van der Waals surface area (Å²) in [5, 5.41) is 2.84. The Bertz CT molecular complexity index is 600. The van der Waals surface area contributed by atoms with E-state index >= 15 is 0 Å². The predicted octanol–water partition coefficient (Wildman–Crippen LogP) is 2.45. The van der Waals surface area contributed by atoms with E-state index in [4.69, 9.17) is 0 Å². The molecule has 0 radical (unpaired) electrons. The molecule has 0 aliphatic carbocycles. The van der Waals surface area contributed by atoms with Crippen molar-refractivity contribution in [3.8, 4) is 0 Å². The number of nitrogens with one attached hydrogen (secondary N) is 1. The lowest BCUT2D eigenvalue weighted by atomic mass is 10.1. The summed E-state index contributed by atoms with van der Waals surface area (Å²) in [5.74, 6) is -0.0977. The molecule has 0 aliphatic heterocycles. The molecule has 0 aliphatic rings. The molecule has 0 fully saturated rings. The summed E-state index contributed by atoms with van der Waals surface area (Å²) in [6.45, 7) is 5.22. The molecule has 5 nitrogen and oxygen atoms in total. The van der Waals surface area contributed by atoms with Crippen LogP contribution in [0.4, 0.5) is 0 Å². The normalized spacial score (nSPS) is 11.7. The standard InChI is InChI=1S/C17H28N2O3S/c1-4-5-8-12-18-17(20)11-13-19(23(3,21)22)14-16-10-7-6-9-15(16)2/h6-7,9-10H,4-5,8,11-14H2,1-3H3,(H,18,20). The van der Waals surface area contributed by atoms with Gasteiger partial charge in [0.15, 0.2) is 0 Å². The van der Waals surface area contributed by atoms with Crippen molar-refractivity contribution in [1.29, 1.82) is 0 Å². The van der Waals surface area contributed by atoms with Crippen molar-refractivity contribution >= 4 is 15.9 Å². The molecule has 0 heterocycles. The number of carbonyl (C=O) groups is 1. The second-order valence-electron chi connectivity index (χ2n) is 5.83. The highest BCUT2D eigenvalue weighted by atomic mass is 32.2. The van der Waals surface area contributed by atoms with Crippen LogP contribution in [0.3, 0.4) is 0 Å². The topological polar surface area (TPSA) is 66.5 Å².